The lowest BCUT2D eigenvalue weighted by Crippen LogP contribution is -2.31. The van der Waals surface area contributed by atoms with Gasteiger partial charge in [0.1, 0.15) is 17.8 Å². The average molecular weight is 391 g/mol. The van der Waals surface area contributed by atoms with Crippen LogP contribution in [0.2, 0.25) is 0 Å². The maximum absolute atomic E-state index is 5.10. The van der Waals surface area contributed by atoms with Gasteiger partial charge in [-0.05, 0) is 45.0 Å². The van der Waals surface area contributed by atoms with Gasteiger partial charge in [-0.25, -0.2) is 9.97 Å². The summed E-state index contributed by atoms with van der Waals surface area (Å²) in [4.78, 5) is 19.2. The fourth-order valence-electron chi connectivity index (χ4n) is 4.11. The number of hydrogen-bond acceptors (Lipinski definition) is 7. The minimum atomic E-state index is 0.554. The Morgan fingerprint density at radius 3 is 2.90 bits per heavy atom. The molecule has 1 fully saturated rings. The highest BCUT2D eigenvalue weighted by Crippen LogP contribution is 2.31. The van der Waals surface area contributed by atoms with Gasteiger partial charge in [-0.15, -0.1) is 0 Å². The van der Waals surface area contributed by atoms with Crippen LogP contribution in [0.1, 0.15) is 31.6 Å². The quantitative estimate of drug-likeness (QED) is 0.483. The van der Waals surface area contributed by atoms with E-state index in [1.54, 1.807) is 13.3 Å². The van der Waals surface area contributed by atoms with Crippen molar-refractivity contribution in [3.05, 3.63) is 30.4 Å². The van der Waals surface area contributed by atoms with Crippen molar-refractivity contribution in [3.63, 3.8) is 0 Å². The molecule has 0 radical (unpaired) electrons. The number of piperidine rings is 1. The molecule has 0 amide bonds. The highest BCUT2D eigenvalue weighted by atomic mass is 16.5. The first-order valence-electron chi connectivity index (χ1n) is 10.3. The molecule has 150 valence electrons. The Morgan fingerprint density at radius 2 is 2.07 bits per heavy atom. The third-order valence-corrected chi connectivity index (χ3v) is 5.57. The summed E-state index contributed by atoms with van der Waals surface area (Å²) in [5, 5.41) is 9.64. The van der Waals surface area contributed by atoms with E-state index in [4.69, 9.17) is 4.52 Å². The maximum atomic E-state index is 5.10. The number of hydrogen-bond donors (Lipinski definition) is 2. The van der Waals surface area contributed by atoms with Crippen LogP contribution >= 0.6 is 0 Å². The molecule has 4 aromatic rings. The van der Waals surface area contributed by atoms with Crippen molar-refractivity contribution in [2.24, 2.45) is 0 Å². The van der Waals surface area contributed by atoms with Gasteiger partial charge in [0.25, 0.3) is 0 Å². The summed E-state index contributed by atoms with van der Waals surface area (Å²) in [7, 11) is 0. The minimum absolute atomic E-state index is 0.554. The van der Waals surface area contributed by atoms with Crippen molar-refractivity contribution in [1.29, 1.82) is 0 Å². The zero-order valence-corrected chi connectivity index (χ0v) is 16.6. The van der Waals surface area contributed by atoms with Crippen LogP contribution in [-0.2, 0) is 0 Å². The monoisotopic (exact) mass is 391 g/mol. The Labute approximate surface area is 168 Å². The first-order chi connectivity index (χ1) is 14.3. The SMILES string of the molecule is Cc1nc(-c2ccc3c(c2)[nH]c2ncnc(NCCCN4CCCCC4)c23)no1. The molecule has 0 aliphatic carbocycles. The number of fused-ring (bicyclic) bond motifs is 3. The number of benzene rings is 1. The molecule has 0 saturated carbocycles. The number of anilines is 1. The molecule has 2 N–H and O–H groups in total. The van der Waals surface area contributed by atoms with Gasteiger partial charge < -0.3 is 19.7 Å². The van der Waals surface area contributed by atoms with Gasteiger partial charge in [-0.3, -0.25) is 0 Å². The summed E-state index contributed by atoms with van der Waals surface area (Å²) >= 11 is 0. The molecule has 5 rings (SSSR count). The summed E-state index contributed by atoms with van der Waals surface area (Å²) < 4.78 is 5.10. The molecule has 0 atom stereocenters. The summed E-state index contributed by atoms with van der Waals surface area (Å²) in [6.45, 7) is 6.31. The molecule has 1 aliphatic heterocycles. The zero-order valence-electron chi connectivity index (χ0n) is 16.6. The summed E-state index contributed by atoms with van der Waals surface area (Å²) in [6, 6.07) is 6.10. The van der Waals surface area contributed by atoms with Crippen LogP contribution < -0.4 is 5.32 Å². The lowest BCUT2D eigenvalue weighted by molar-refractivity contribution is 0.228. The summed E-state index contributed by atoms with van der Waals surface area (Å²) in [5.41, 5.74) is 2.72. The van der Waals surface area contributed by atoms with E-state index in [1.807, 2.05) is 12.1 Å². The van der Waals surface area contributed by atoms with Crippen LogP contribution in [0.25, 0.3) is 33.3 Å². The van der Waals surface area contributed by atoms with Gasteiger partial charge >= 0.3 is 0 Å². The second-order valence-electron chi connectivity index (χ2n) is 7.65. The van der Waals surface area contributed by atoms with Crippen LogP contribution in [0.4, 0.5) is 5.82 Å². The Balaban J connectivity index is 1.36. The number of nitrogens with zero attached hydrogens (tertiary/aromatic N) is 5. The third kappa shape index (κ3) is 3.67. The smallest absolute Gasteiger partial charge is 0.223 e. The standard InChI is InChI=1S/C21H25N7O/c1-14-25-19(27-29-14)15-6-7-16-17(12-15)26-21-18(16)20(23-13-24-21)22-8-5-11-28-9-3-2-4-10-28/h6-7,12-13H,2-5,8-11H2,1H3,(H2,22,23,24,26). The van der Waals surface area contributed by atoms with E-state index in [0.717, 1.165) is 52.8 Å². The molecular weight excluding hydrogens is 366 g/mol. The molecule has 0 bridgehead atoms. The topological polar surface area (TPSA) is 95.8 Å². The van der Waals surface area contributed by atoms with Crippen molar-refractivity contribution >= 4 is 27.8 Å². The molecule has 1 saturated heterocycles. The molecular formula is C21H25N7O. The van der Waals surface area contributed by atoms with Crippen LogP contribution in [0.5, 0.6) is 0 Å². The van der Waals surface area contributed by atoms with Gasteiger partial charge in [0.05, 0.1) is 5.39 Å². The second-order valence-corrected chi connectivity index (χ2v) is 7.65. The zero-order chi connectivity index (χ0) is 19.6. The number of likely N-dealkylation sites (tertiary alicyclic amines) is 1. The van der Waals surface area contributed by atoms with Crippen LogP contribution in [0.15, 0.2) is 29.0 Å². The van der Waals surface area contributed by atoms with Gasteiger partial charge in [-0.1, -0.05) is 23.7 Å². The van der Waals surface area contributed by atoms with Crippen LogP contribution in [0, 0.1) is 6.92 Å². The lowest BCUT2D eigenvalue weighted by Gasteiger charge is -2.26. The second kappa shape index (κ2) is 7.79. The molecule has 4 heterocycles. The largest absolute Gasteiger partial charge is 0.369 e. The van der Waals surface area contributed by atoms with Gasteiger partial charge in [0.2, 0.25) is 11.7 Å². The van der Waals surface area contributed by atoms with Gasteiger partial charge in [0, 0.05) is 29.9 Å². The van der Waals surface area contributed by atoms with E-state index in [2.05, 4.69) is 41.4 Å². The molecule has 0 unspecified atom stereocenters. The van der Waals surface area contributed by atoms with Crippen LogP contribution in [-0.4, -0.2) is 56.2 Å². The highest BCUT2D eigenvalue weighted by Gasteiger charge is 2.14. The van der Waals surface area contributed by atoms with E-state index in [9.17, 15) is 0 Å². The molecule has 3 aromatic heterocycles. The van der Waals surface area contributed by atoms with Gasteiger partial charge in [0.15, 0.2) is 0 Å². The highest BCUT2D eigenvalue weighted by molar-refractivity contribution is 6.11. The maximum Gasteiger partial charge on any atom is 0.223 e. The van der Waals surface area contributed by atoms with Crippen molar-refractivity contribution in [2.45, 2.75) is 32.6 Å². The number of nitrogens with one attached hydrogen (secondary N) is 2. The lowest BCUT2D eigenvalue weighted by atomic mass is 10.1. The number of H-pyrrole nitrogens is 1. The average Bonchev–Trinajstić information content (AvgIpc) is 3.35. The van der Waals surface area contributed by atoms with Crippen molar-refractivity contribution in [2.75, 3.05) is 31.5 Å². The van der Waals surface area contributed by atoms with Gasteiger partial charge in [-0.2, -0.15) is 4.98 Å². The number of aromatic nitrogens is 5. The van der Waals surface area contributed by atoms with E-state index in [-0.39, 0.29) is 0 Å². The predicted octanol–water partition coefficient (Wildman–Crippen LogP) is 3.76. The first kappa shape index (κ1) is 18.1. The fraction of sp³-hybridized carbons (Fsp3) is 0.429. The van der Waals surface area contributed by atoms with Crippen molar-refractivity contribution in [3.8, 4) is 11.4 Å². The van der Waals surface area contributed by atoms with E-state index < -0.39 is 0 Å². The number of aromatic amines is 1. The van der Waals surface area contributed by atoms with Crippen molar-refractivity contribution in [1.82, 2.24) is 30.0 Å². The summed E-state index contributed by atoms with van der Waals surface area (Å²) in [6.07, 6.45) is 6.76. The van der Waals surface area contributed by atoms with E-state index >= 15 is 0 Å². The molecule has 8 nitrogen and oxygen atoms in total. The summed E-state index contributed by atoms with van der Waals surface area (Å²) in [5.74, 6) is 2.02. The Kier molecular flexibility index (Phi) is 4.85. The molecule has 8 heteroatoms. The Bertz CT molecular complexity index is 1130. The molecule has 1 aromatic carbocycles. The predicted molar refractivity (Wildman–Crippen MR) is 113 cm³/mol. The molecule has 0 spiro atoms. The third-order valence-electron chi connectivity index (χ3n) is 5.57. The van der Waals surface area contributed by atoms with Crippen molar-refractivity contribution < 1.29 is 4.52 Å². The minimum Gasteiger partial charge on any atom is -0.369 e. The molecule has 29 heavy (non-hydrogen) atoms. The fourth-order valence-corrected chi connectivity index (χ4v) is 4.11. The van der Waals surface area contributed by atoms with E-state index in [1.165, 1.54) is 32.4 Å². The van der Waals surface area contributed by atoms with Crippen LogP contribution in [0.3, 0.4) is 0 Å². The van der Waals surface area contributed by atoms with E-state index in [0.29, 0.717) is 11.7 Å². The Hall–Kier alpha value is -3.00. The number of rotatable bonds is 6. The number of aryl methyl sites for hydroxylation is 1. The molecule has 1 aliphatic rings. The normalized spacial score (nSPS) is 15.3. The Morgan fingerprint density at radius 1 is 1.17 bits per heavy atom. The first-order valence-corrected chi connectivity index (χ1v) is 10.3.